The highest BCUT2D eigenvalue weighted by atomic mass is 16.5. The van der Waals surface area contributed by atoms with Crippen molar-refractivity contribution < 1.29 is 14.3 Å². The molecule has 1 amide bonds. The fourth-order valence-corrected chi connectivity index (χ4v) is 2.72. The minimum absolute atomic E-state index is 0.0905. The Bertz CT molecular complexity index is 743. The number of aromatic nitrogens is 1. The lowest BCUT2D eigenvalue weighted by Gasteiger charge is -2.21. The molecule has 0 unspecified atom stereocenters. The highest BCUT2D eigenvalue weighted by Gasteiger charge is 2.24. The van der Waals surface area contributed by atoms with Gasteiger partial charge >= 0.3 is 0 Å². The van der Waals surface area contributed by atoms with Gasteiger partial charge in [0.15, 0.2) is 0 Å². The van der Waals surface area contributed by atoms with E-state index in [0.29, 0.717) is 31.1 Å². The van der Waals surface area contributed by atoms with E-state index in [2.05, 4.69) is 11.1 Å². The van der Waals surface area contributed by atoms with Crippen LogP contribution in [-0.4, -0.2) is 36.1 Å². The average molecular weight is 312 g/mol. The number of carbonyl (C=O) groups excluding carboxylic acids is 1. The summed E-state index contributed by atoms with van der Waals surface area (Å²) in [5.41, 5.74) is 3.47. The molecule has 0 bridgehead atoms. The number of hydrogen-bond donors (Lipinski definition) is 0. The number of pyridine rings is 1. The number of methoxy groups -OCH3 is 1. The molecule has 0 atom stereocenters. The van der Waals surface area contributed by atoms with Crippen LogP contribution in [0.25, 0.3) is 0 Å². The normalized spacial score (nSPS) is 13.8. The molecule has 2 heterocycles. The highest BCUT2D eigenvalue weighted by Crippen LogP contribution is 2.26. The lowest BCUT2D eigenvalue weighted by Crippen LogP contribution is -2.32. The Labute approximate surface area is 135 Å². The number of amides is 1. The lowest BCUT2D eigenvalue weighted by atomic mass is 10.1. The number of aryl methyl sites for hydroxylation is 2. The fourth-order valence-electron chi connectivity index (χ4n) is 2.72. The molecule has 0 saturated carbocycles. The van der Waals surface area contributed by atoms with Crippen LogP contribution in [0.3, 0.4) is 0 Å². The van der Waals surface area contributed by atoms with Crippen LogP contribution < -0.4 is 9.47 Å². The van der Waals surface area contributed by atoms with Crippen molar-refractivity contribution in [2.24, 2.45) is 0 Å². The molecule has 0 aliphatic carbocycles. The summed E-state index contributed by atoms with van der Waals surface area (Å²) >= 11 is 0. The summed E-state index contributed by atoms with van der Waals surface area (Å²) in [6, 6.07) is 9.63. The van der Waals surface area contributed by atoms with Crippen molar-refractivity contribution in [1.82, 2.24) is 9.88 Å². The Kier molecular flexibility index (Phi) is 4.19. The molecule has 0 spiro atoms. The fraction of sp³-hybridized carbons (Fsp3) is 0.333. The predicted molar refractivity (Wildman–Crippen MR) is 86.9 cm³/mol. The predicted octanol–water partition coefficient (Wildman–Crippen LogP) is 2.74. The second kappa shape index (κ2) is 6.28. The molecule has 23 heavy (non-hydrogen) atoms. The van der Waals surface area contributed by atoms with Crippen LogP contribution in [0.15, 0.2) is 30.3 Å². The second-order valence-corrected chi connectivity index (χ2v) is 5.70. The minimum Gasteiger partial charge on any atom is -0.491 e. The Morgan fingerprint density at radius 3 is 2.87 bits per heavy atom. The Balaban J connectivity index is 1.91. The van der Waals surface area contributed by atoms with Crippen LogP contribution >= 0.6 is 0 Å². The zero-order valence-corrected chi connectivity index (χ0v) is 13.6. The minimum atomic E-state index is -0.0905. The van der Waals surface area contributed by atoms with Gasteiger partial charge in [0.1, 0.15) is 17.9 Å². The van der Waals surface area contributed by atoms with E-state index in [9.17, 15) is 4.79 Å². The molecule has 2 aromatic rings. The largest absolute Gasteiger partial charge is 0.491 e. The third kappa shape index (κ3) is 3.13. The Hall–Kier alpha value is -2.56. The molecule has 0 radical (unpaired) electrons. The van der Waals surface area contributed by atoms with Gasteiger partial charge in [-0.25, -0.2) is 4.98 Å². The molecule has 120 valence electrons. The van der Waals surface area contributed by atoms with Gasteiger partial charge in [-0.1, -0.05) is 17.7 Å². The van der Waals surface area contributed by atoms with Crippen molar-refractivity contribution in [2.75, 3.05) is 20.3 Å². The number of rotatable bonds is 2. The van der Waals surface area contributed by atoms with Crippen LogP contribution in [0.2, 0.25) is 0 Å². The van der Waals surface area contributed by atoms with E-state index in [4.69, 9.17) is 9.47 Å². The van der Waals surface area contributed by atoms with Crippen LogP contribution in [0.1, 0.15) is 27.2 Å². The SMILES string of the molecule is COc1nc(C)ccc1C(=O)N1CCOc2ccc(C)cc2C1. The van der Waals surface area contributed by atoms with Gasteiger partial charge in [0, 0.05) is 17.8 Å². The number of ether oxygens (including phenoxy) is 2. The summed E-state index contributed by atoms with van der Waals surface area (Å²) in [6.45, 7) is 5.43. The third-order valence-corrected chi connectivity index (χ3v) is 3.91. The Morgan fingerprint density at radius 2 is 2.09 bits per heavy atom. The first-order valence-corrected chi connectivity index (χ1v) is 7.61. The lowest BCUT2D eigenvalue weighted by molar-refractivity contribution is 0.0729. The summed E-state index contributed by atoms with van der Waals surface area (Å²) in [6.07, 6.45) is 0. The van der Waals surface area contributed by atoms with Gasteiger partial charge in [-0.3, -0.25) is 4.79 Å². The number of fused-ring (bicyclic) bond motifs is 1. The maximum Gasteiger partial charge on any atom is 0.259 e. The molecular formula is C18H20N2O3. The molecule has 3 rings (SSSR count). The summed E-state index contributed by atoms with van der Waals surface area (Å²) in [5, 5.41) is 0. The first kappa shape index (κ1) is 15.3. The standard InChI is InChI=1S/C18H20N2O3/c1-12-4-7-16-14(10-12)11-20(8-9-23-16)18(21)15-6-5-13(2)19-17(15)22-3/h4-7,10H,8-9,11H2,1-3H3. The van der Waals surface area contributed by atoms with E-state index in [1.54, 1.807) is 11.0 Å². The summed E-state index contributed by atoms with van der Waals surface area (Å²) in [5.74, 6) is 1.12. The van der Waals surface area contributed by atoms with Gasteiger partial charge < -0.3 is 14.4 Å². The first-order chi connectivity index (χ1) is 11.1. The summed E-state index contributed by atoms with van der Waals surface area (Å²) in [7, 11) is 1.53. The van der Waals surface area contributed by atoms with Crippen molar-refractivity contribution in [3.63, 3.8) is 0 Å². The highest BCUT2D eigenvalue weighted by molar-refractivity contribution is 5.96. The van der Waals surface area contributed by atoms with E-state index in [1.807, 2.05) is 32.0 Å². The molecule has 1 aliphatic rings. The molecule has 5 heteroatoms. The summed E-state index contributed by atoms with van der Waals surface area (Å²) < 4.78 is 11.0. The van der Waals surface area contributed by atoms with Gasteiger partial charge in [-0.15, -0.1) is 0 Å². The van der Waals surface area contributed by atoms with Crippen molar-refractivity contribution in [2.45, 2.75) is 20.4 Å². The monoisotopic (exact) mass is 312 g/mol. The molecule has 1 aliphatic heterocycles. The van der Waals surface area contributed by atoms with E-state index >= 15 is 0 Å². The third-order valence-electron chi connectivity index (χ3n) is 3.91. The molecule has 0 fully saturated rings. The quantitative estimate of drug-likeness (QED) is 0.855. The van der Waals surface area contributed by atoms with Gasteiger partial charge in [0.2, 0.25) is 5.88 Å². The zero-order chi connectivity index (χ0) is 16.4. The Morgan fingerprint density at radius 1 is 1.26 bits per heavy atom. The van der Waals surface area contributed by atoms with Gasteiger partial charge in [-0.2, -0.15) is 0 Å². The van der Waals surface area contributed by atoms with Crippen LogP contribution in [0.5, 0.6) is 11.6 Å². The average Bonchev–Trinajstić information content (AvgIpc) is 2.75. The molecule has 0 N–H and O–H groups in total. The van der Waals surface area contributed by atoms with Crippen molar-refractivity contribution in [3.8, 4) is 11.6 Å². The van der Waals surface area contributed by atoms with Crippen molar-refractivity contribution in [1.29, 1.82) is 0 Å². The smallest absolute Gasteiger partial charge is 0.259 e. The van der Waals surface area contributed by atoms with Gasteiger partial charge in [-0.05, 0) is 32.0 Å². The van der Waals surface area contributed by atoms with Crippen molar-refractivity contribution in [3.05, 3.63) is 52.7 Å². The second-order valence-electron chi connectivity index (χ2n) is 5.70. The molecule has 1 aromatic carbocycles. The van der Waals surface area contributed by atoms with E-state index in [0.717, 1.165) is 22.6 Å². The number of nitrogens with zero attached hydrogens (tertiary/aromatic N) is 2. The van der Waals surface area contributed by atoms with Crippen LogP contribution in [-0.2, 0) is 6.54 Å². The van der Waals surface area contributed by atoms with Crippen molar-refractivity contribution >= 4 is 5.91 Å². The number of benzene rings is 1. The maximum absolute atomic E-state index is 12.9. The zero-order valence-electron chi connectivity index (χ0n) is 13.6. The first-order valence-electron chi connectivity index (χ1n) is 7.61. The van der Waals surface area contributed by atoms with E-state index in [-0.39, 0.29) is 5.91 Å². The van der Waals surface area contributed by atoms with E-state index < -0.39 is 0 Å². The van der Waals surface area contributed by atoms with Gasteiger partial charge in [0.25, 0.3) is 5.91 Å². The van der Waals surface area contributed by atoms with Crippen LogP contribution in [0.4, 0.5) is 0 Å². The molecule has 1 aromatic heterocycles. The van der Waals surface area contributed by atoms with Gasteiger partial charge in [0.05, 0.1) is 13.7 Å². The maximum atomic E-state index is 12.9. The number of carbonyl (C=O) groups is 1. The molecule has 5 nitrogen and oxygen atoms in total. The van der Waals surface area contributed by atoms with E-state index in [1.165, 1.54) is 7.11 Å². The molecule has 0 saturated heterocycles. The topological polar surface area (TPSA) is 51.7 Å². The molecular weight excluding hydrogens is 292 g/mol. The number of hydrogen-bond acceptors (Lipinski definition) is 4. The van der Waals surface area contributed by atoms with Crippen LogP contribution in [0, 0.1) is 13.8 Å². The summed E-state index contributed by atoms with van der Waals surface area (Å²) in [4.78, 5) is 19.0.